The number of hydrogen-bond donors (Lipinski definition) is 1. The van der Waals surface area contributed by atoms with Crippen molar-refractivity contribution in [3.8, 4) is 0 Å². The van der Waals surface area contributed by atoms with Crippen molar-refractivity contribution in [2.24, 2.45) is 10.1 Å². The predicted molar refractivity (Wildman–Crippen MR) is 69.9 cm³/mol. The van der Waals surface area contributed by atoms with Crippen LogP contribution in [0.4, 0.5) is 0 Å². The summed E-state index contributed by atoms with van der Waals surface area (Å²) in [5, 5.41) is 5.12. The molecule has 0 aromatic heterocycles. The van der Waals surface area contributed by atoms with Crippen molar-refractivity contribution in [2.75, 3.05) is 7.05 Å². The van der Waals surface area contributed by atoms with Crippen LogP contribution in [0, 0.1) is 0 Å². The zero-order chi connectivity index (χ0) is 13.3. The fraction of sp³-hybridized carbons (Fsp3) is 0.417. The smallest absolute Gasteiger partial charge is 0.238 e. The number of benzene rings is 1. The summed E-state index contributed by atoms with van der Waals surface area (Å²) in [6, 6.07) is 6.67. The predicted octanol–water partition coefficient (Wildman–Crippen LogP) is 1.70. The van der Waals surface area contributed by atoms with Gasteiger partial charge in [0.15, 0.2) is 0 Å². The van der Waals surface area contributed by atoms with Gasteiger partial charge in [-0.15, -0.1) is 0 Å². The van der Waals surface area contributed by atoms with E-state index in [1.165, 1.54) is 6.07 Å². The summed E-state index contributed by atoms with van der Waals surface area (Å²) in [6.45, 7) is 5.92. The van der Waals surface area contributed by atoms with Crippen molar-refractivity contribution in [1.82, 2.24) is 0 Å². The highest BCUT2D eigenvalue weighted by molar-refractivity contribution is 7.89. The van der Waals surface area contributed by atoms with Gasteiger partial charge in [0.25, 0.3) is 0 Å². The van der Waals surface area contributed by atoms with Crippen LogP contribution in [-0.2, 0) is 15.4 Å². The minimum atomic E-state index is -3.66. The van der Waals surface area contributed by atoms with Gasteiger partial charge in [0, 0.05) is 18.2 Å². The molecule has 1 aromatic rings. The van der Waals surface area contributed by atoms with Crippen LogP contribution in [0.1, 0.15) is 26.3 Å². The molecule has 0 fully saturated rings. The number of nitrogens with two attached hydrogens (primary N) is 1. The third kappa shape index (κ3) is 2.92. The molecule has 0 amide bonds. The Hall–Kier alpha value is -1.20. The number of primary sulfonamides is 1. The molecule has 0 aliphatic heterocycles. The van der Waals surface area contributed by atoms with Crippen molar-refractivity contribution in [1.29, 1.82) is 0 Å². The lowest BCUT2D eigenvalue weighted by Crippen LogP contribution is -2.27. The Balaban J connectivity index is 3.35. The van der Waals surface area contributed by atoms with Crippen LogP contribution in [-0.4, -0.2) is 21.2 Å². The summed E-state index contributed by atoms with van der Waals surface area (Å²) in [5.41, 5.74) is 1.51. The van der Waals surface area contributed by atoms with Crippen LogP contribution in [0.15, 0.2) is 34.2 Å². The van der Waals surface area contributed by atoms with E-state index in [-0.39, 0.29) is 10.3 Å². The molecule has 0 saturated carbocycles. The quantitative estimate of drug-likeness (QED) is 0.834. The second kappa shape index (κ2) is 4.58. The normalized spacial score (nSPS) is 13.8. The summed E-state index contributed by atoms with van der Waals surface area (Å²) in [6.07, 6.45) is 0. The molecule has 0 saturated heterocycles. The van der Waals surface area contributed by atoms with E-state index in [2.05, 4.69) is 4.99 Å². The van der Waals surface area contributed by atoms with Gasteiger partial charge in [-0.05, 0) is 24.6 Å². The van der Waals surface area contributed by atoms with Gasteiger partial charge in [-0.3, -0.25) is 4.99 Å². The van der Waals surface area contributed by atoms with E-state index in [0.29, 0.717) is 0 Å². The maximum absolute atomic E-state index is 11.3. The van der Waals surface area contributed by atoms with Crippen LogP contribution in [0.5, 0.6) is 0 Å². The Morgan fingerprint density at radius 3 is 2.41 bits per heavy atom. The summed E-state index contributed by atoms with van der Waals surface area (Å²) in [4.78, 5) is 4.30. The second-order valence-corrected chi connectivity index (χ2v) is 6.07. The van der Waals surface area contributed by atoms with Crippen molar-refractivity contribution < 1.29 is 8.42 Å². The maximum atomic E-state index is 11.3. The van der Waals surface area contributed by atoms with Gasteiger partial charge in [-0.1, -0.05) is 26.0 Å². The molecule has 0 atom stereocenters. The number of nitrogens with zero attached hydrogens (tertiary/aromatic N) is 1. The molecule has 1 aromatic carbocycles. The highest BCUT2D eigenvalue weighted by atomic mass is 32.2. The number of sulfonamides is 1. The molecule has 0 aliphatic rings. The van der Waals surface area contributed by atoms with Crippen LogP contribution in [0.3, 0.4) is 0 Å². The van der Waals surface area contributed by atoms with Crippen molar-refractivity contribution in [3.05, 3.63) is 29.8 Å². The topological polar surface area (TPSA) is 72.5 Å². The molecule has 94 valence electrons. The summed E-state index contributed by atoms with van der Waals surface area (Å²) in [5.74, 6) is 0. The molecular formula is C12H18N2O2S. The minimum absolute atomic E-state index is 0.131. The first-order valence-corrected chi connectivity index (χ1v) is 6.81. The van der Waals surface area contributed by atoms with E-state index in [1.807, 2.05) is 26.8 Å². The Morgan fingerprint density at radius 1 is 1.35 bits per heavy atom. The summed E-state index contributed by atoms with van der Waals surface area (Å²) in [7, 11) is -1.94. The largest absolute Gasteiger partial charge is 0.297 e. The van der Waals surface area contributed by atoms with Crippen LogP contribution >= 0.6 is 0 Å². The highest BCUT2D eigenvalue weighted by Gasteiger charge is 2.24. The zero-order valence-corrected chi connectivity index (χ0v) is 11.4. The fourth-order valence-corrected chi connectivity index (χ4v) is 2.11. The van der Waals surface area contributed by atoms with E-state index in [0.717, 1.165) is 11.3 Å². The van der Waals surface area contributed by atoms with Gasteiger partial charge in [-0.2, -0.15) is 0 Å². The van der Waals surface area contributed by atoms with Gasteiger partial charge in [0.2, 0.25) is 10.0 Å². The lowest BCUT2D eigenvalue weighted by Gasteiger charge is -2.25. The standard InChI is InChI=1S/C12H18N2O2S/c1-9(14-4)12(2,3)10-6-5-7-11(8-10)17(13,15)16/h5-8H,1-4H3,(H2,13,15,16)/b14-9+. The molecule has 4 nitrogen and oxygen atoms in total. The number of aliphatic imine (C=N–C) groups is 1. The van der Waals surface area contributed by atoms with Gasteiger partial charge in [-0.25, -0.2) is 13.6 Å². The van der Waals surface area contributed by atoms with Crippen LogP contribution < -0.4 is 5.14 Å². The third-order valence-corrected chi connectivity index (χ3v) is 4.04. The van der Waals surface area contributed by atoms with E-state index < -0.39 is 10.0 Å². The van der Waals surface area contributed by atoms with Gasteiger partial charge in [0.05, 0.1) is 4.90 Å². The van der Waals surface area contributed by atoms with Gasteiger partial charge >= 0.3 is 0 Å². The molecule has 1 rings (SSSR count). The van der Waals surface area contributed by atoms with E-state index in [9.17, 15) is 8.42 Å². The maximum Gasteiger partial charge on any atom is 0.238 e. The average Bonchev–Trinajstić information content (AvgIpc) is 2.27. The Morgan fingerprint density at radius 2 is 1.94 bits per heavy atom. The van der Waals surface area contributed by atoms with Gasteiger partial charge < -0.3 is 0 Å². The SMILES string of the molecule is C/N=C(\C)C(C)(C)c1cccc(S(N)(=O)=O)c1. The first kappa shape index (κ1) is 13.9. The molecule has 0 radical (unpaired) electrons. The monoisotopic (exact) mass is 254 g/mol. The van der Waals surface area contributed by atoms with E-state index in [1.54, 1.807) is 19.2 Å². The first-order chi connectivity index (χ1) is 7.69. The molecular weight excluding hydrogens is 236 g/mol. The lowest BCUT2D eigenvalue weighted by molar-refractivity contribution is 0.597. The minimum Gasteiger partial charge on any atom is -0.297 e. The Labute approximate surface area is 103 Å². The third-order valence-electron chi connectivity index (χ3n) is 3.12. The van der Waals surface area contributed by atoms with Crippen LogP contribution in [0.25, 0.3) is 0 Å². The molecule has 0 bridgehead atoms. The van der Waals surface area contributed by atoms with Crippen molar-refractivity contribution in [3.63, 3.8) is 0 Å². The molecule has 0 unspecified atom stereocenters. The lowest BCUT2D eigenvalue weighted by atomic mass is 9.80. The van der Waals surface area contributed by atoms with E-state index >= 15 is 0 Å². The molecule has 17 heavy (non-hydrogen) atoms. The van der Waals surface area contributed by atoms with Crippen LogP contribution in [0.2, 0.25) is 0 Å². The Kier molecular flexibility index (Phi) is 3.74. The molecule has 0 spiro atoms. The second-order valence-electron chi connectivity index (χ2n) is 4.51. The number of hydrogen-bond acceptors (Lipinski definition) is 3. The van der Waals surface area contributed by atoms with Crippen molar-refractivity contribution >= 4 is 15.7 Å². The van der Waals surface area contributed by atoms with Crippen molar-refractivity contribution in [2.45, 2.75) is 31.1 Å². The Bertz CT molecular complexity index is 545. The van der Waals surface area contributed by atoms with E-state index in [4.69, 9.17) is 5.14 Å². The summed E-state index contributed by atoms with van der Waals surface area (Å²) < 4.78 is 22.6. The molecule has 5 heteroatoms. The fourth-order valence-electron chi connectivity index (χ4n) is 1.55. The highest BCUT2D eigenvalue weighted by Crippen LogP contribution is 2.26. The molecule has 0 aliphatic carbocycles. The number of rotatable bonds is 3. The average molecular weight is 254 g/mol. The molecule has 2 N–H and O–H groups in total. The van der Waals surface area contributed by atoms with Gasteiger partial charge in [0.1, 0.15) is 0 Å². The first-order valence-electron chi connectivity index (χ1n) is 5.27. The summed E-state index contributed by atoms with van der Waals surface area (Å²) >= 11 is 0. The molecule has 0 heterocycles. The zero-order valence-electron chi connectivity index (χ0n) is 10.6.